The van der Waals surface area contributed by atoms with Crippen molar-refractivity contribution in [3.63, 3.8) is 0 Å². The van der Waals surface area contributed by atoms with Crippen molar-refractivity contribution in [2.75, 3.05) is 7.05 Å². The monoisotopic (exact) mass is 164 g/mol. The average molecular weight is 164 g/mol. The van der Waals surface area contributed by atoms with Crippen LogP contribution in [0.4, 0.5) is 4.39 Å². The van der Waals surface area contributed by atoms with Gasteiger partial charge in [-0.2, -0.15) is 5.26 Å². The van der Waals surface area contributed by atoms with Crippen LogP contribution in [0, 0.1) is 17.1 Å². The first-order valence-corrected chi connectivity index (χ1v) is 3.61. The molecule has 62 valence electrons. The zero-order chi connectivity index (χ0) is 8.97. The summed E-state index contributed by atoms with van der Waals surface area (Å²) in [6.45, 7) is 0.384. The first kappa shape index (κ1) is 8.69. The van der Waals surface area contributed by atoms with Crippen molar-refractivity contribution in [1.82, 2.24) is 5.32 Å². The van der Waals surface area contributed by atoms with Crippen LogP contribution in [-0.2, 0) is 6.54 Å². The van der Waals surface area contributed by atoms with Crippen molar-refractivity contribution in [2.45, 2.75) is 6.54 Å². The van der Waals surface area contributed by atoms with Gasteiger partial charge in [-0.3, -0.25) is 0 Å². The standard InChI is InChI=1S/C9H9FN2/c1-12-6-8-7(5-11)3-2-4-9(8)10/h2-4,12H,6H2,1H3. The third kappa shape index (κ3) is 1.60. The molecule has 0 aliphatic carbocycles. The van der Waals surface area contributed by atoms with Crippen molar-refractivity contribution in [3.05, 3.63) is 35.1 Å². The van der Waals surface area contributed by atoms with Gasteiger partial charge in [0.1, 0.15) is 5.82 Å². The molecule has 0 aliphatic heterocycles. The van der Waals surface area contributed by atoms with Gasteiger partial charge in [0.15, 0.2) is 0 Å². The summed E-state index contributed by atoms with van der Waals surface area (Å²) >= 11 is 0. The normalized spacial score (nSPS) is 9.42. The van der Waals surface area contributed by atoms with E-state index in [0.29, 0.717) is 17.7 Å². The van der Waals surface area contributed by atoms with Gasteiger partial charge in [-0.15, -0.1) is 0 Å². The Morgan fingerprint density at radius 3 is 2.92 bits per heavy atom. The maximum atomic E-state index is 13.0. The zero-order valence-corrected chi connectivity index (χ0v) is 6.76. The number of hydrogen-bond donors (Lipinski definition) is 1. The fourth-order valence-electron chi connectivity index (χ4n) is 1.02. The Morgan fingerprint density at radius 1 is 1.58 bits per heavy atom. The molecule has 3 heteroatoms. The second kappa shape index (κ2) is 3.84. The molecule has 0 aliphatic rings. The average Bonchev–Trinajstić information content (AvgIpc) is 2.09. The Morgan fingerprint density at radius 2 is 2.33 bits per heavy atom. The van der Waals surface area contributed by atoms with E-state index in [1.165, 1.54) is 12.1 Å². The van der Waals surface area contributed by atoms with Crippen molar-refractivity contribution >= 4 is 0 Å². The van der Waals surface area contributed by atoms with E-state index in [0.717, 1.165) is 0 Å². The summed E-state index contributed by atoms with van der Waals surface area (Å²) in [4.78, 5) is 0. The van der Waals surface area contributed by atoms with Crippen LogP contribution in [0.15, 0.2) is 18.2 Å². The number of nitrogens with zero attached hydrogens (tertiary/aromatic N) is 1. The predicted molar refractivity (Wildman–Crippen MR) is 43.9 cm³/mol. The van der Waals surface area contributed by atoms with Gasteiger partial charge in [0.25, 0.3) is 0 Å². The van der Waals surface area contributed by atoms with Gasteiger partial charge in [0.05, 0.1) is 11.6 Å². The Hall–Kier alpha value is -1.40. The van der Waals surface area contributed by atoms with E-state index in [9.17, 15) is 4.39 Å². The van der Waals surface area contributed by atoms with E-state index < -0.39 is 0 Å². The van der Waals surface area contributed by atoms with Gasteiger partial charge in [0.2, 0.25) is 0 Å². The Balaban J connectivity index is 3.13. The van der Waals surface area contributed by atoms with E-state index in [4.69, 9.17) is 5.26 Å². The van der Waals surface area contributed by atoms with Crippen molar-refractivity contribution in [1.29, 1.82) is 5.26 Å². The Bertz CT molecular complexity index is 315. The van der Waals surface area contributed by atoms with Crippen molar-refractivity contribution in [3.8, 4) is 6.07 Å². The third-order valence-corrected chi connectivity index (χ3v) is 1.59. The maximum Gasteiger partial charge on any atom is 0.129 e. The molecule has 1 aromatic carbocycles. The van der Waals surface area contributed by atoms with Crippen LogP contribution in [-0.4, -0.2) is 7.05 Å². The molecule has 0 bridgehead atoms. The lowest BCUT2D eigenvalue weighted by Crippen LogP contribution is -2.08. The number of nitriles is 1. The minimum atomic E-state index is -0.330. The van der Waals surface area contributed by atoms with Crippen LogP contribution in [0.2, 0.25) is 0 Å². The van der Waals surface area contributed by atoms with E-state index in [-0.39, 0.29) is 5.82 Å². The first-order chi connectivity index (χ1) is 5.79. The molecule has 12 heavy (non-hydrogen) atoms. The summed E-state index contributed by atoms with van der Waals surface area (Å²) in [6, 6.07) is 6.44. The number of halogens is 1. The molecule has 2 nitrogen and oxygen atoms in total. The van der Waals surface area contributed by atoms with Crippen molar-refractivity contribution < 1.29 is 4.39 Å². The maximum absolute atomic E-state index is 13.0. The molecule has 0 unspecified atom stereocenters. The summed E-state index contributed by atoms with van der Waals surface area (Å²) in [5.41, 5.74) is 0.826. The van der Waals surface area contributed by atoms with E-state index in [2.05, 4.69) is 5.32 Å². The lowest BCUT2D eigenvalue weighted by molar-refractivity contribution is 0.600. The molecular weight excluding hydrogens is 155 g/mol. The molecule has 0 aromatic heterocycles. The van der Waals surface area contributed by atoms with Gasteiger partial charge in [-0.25, -0.2) is 4.39 Å². The Labute approximate surface area is 70.6 Å². The van der Waals surface area contributed by atoms with Gasteiger partial charge >= 0.3 is 0 Å². The molecule has 0 radical (unpaired) electrons. The summed E-state index contributed by atoms with van der Waals surface area (Å²) < 4.78 is 13.0. The third-order valence-electron chi connectivity index (χ3n) is 1.59. The molecule has 1 N–H and O–H groups in total. The quantitative estimate of drug-likeness (QED) is 0.717. The SMILES string of the molecule is CNCc1c(F)cccc1C#N. The topological polar surface area (TPSA) is 35.8 Å². The van der Waals surface area contributed by atoms with Crippen molar-refractivity contribution in [2.24, 2.45) is 0 Å². The molecule has 0 saturated carbocycles. The van der Waals surface area contributed by atoms with Gasteiger partial charge < -0.3 is 5.32 Å². The Kier molecular flexibility index (Phi) is 2.78. The largest absolute Gasteiger partial charge is 0.316 e. The molecule has 0 saturated heterocycles. The molecule has 0 atom stereocenters. The molecular formula is C9H9FN2. The second-order valence-electron chi connectivity index (χ2n) is 2.41. The second-order valence-corrected chi connectivity index (χ2v) is 2.41. The smallest absolute Gasteiger partial charge is 0.129 e. The lowest BCUT2D eigenvalue weighted by Gasteiger charge is -2.03. The first-order valence-electron chi connectivity index (χ1n) is 3.61. The number of rotatable bonds is 2. The summed E-state index contributed by atoms with van der Waals surface area (Å²) in [7, 11) is 1.72. The number of hydrogen-bond acceptors (Lipinski definition) is 2. The molecule has 0 spiro atoms. The molecule has 1 aromatic rings. The predicted octanol–water partition coefficient (Wildman–Crippen LogP) is 1.42. The van der Waals surface area contributed by atoms with E-state index >= 15 is 0 Å². The lowest BCUT2D eigenvalue weighted by atomic mass is 10.1. The van der Waals surface area contributed by atoms with Crippen LogP contribution in [0.25, 0.3) is 0 Å². The fraction of sp³-hybridized carbons (Fsp3) is 0.222. The van der Waals surface area contributed by atoms with Crippen LogP contribution in [0.1, 0.15) is 11.1 Å². The van der Waals surface area contributed by atoms with E-state index in [1.807, 2.05) is 6.07 Å². The van der Waals surface area contributed by atoms with Gasteiger partial charge in [0, 0.05) is 12.1 Å². The van der Waals surface area contributed by atoms with Crippen LogP contribution in [0.5, 0.6) is 0 Å². The molecule has 0 heterocycles. The van der Waals surface area contributed by atoms with Crippen LogP contribution in [0.3, 0.4) is 0 Å². The summed E-state index contributed by atoms with van der Waals surface area (Å²) in [5.74, 6) is -0.330. The van der Waals surface area contributed by atoms with Crippen LogP contribution >= 0.6 is 0 Å². The molecule has 1 rings (SSSR count). The van der Waals surface area contributed by atoms with Gasteiger partial charge in [-0.1, -0.05) is 6.07 Å². The minimum Gasteiger partial charge on any atom is -0.316 e. The summed E-state index contributed by atoms with van der Waals surface area (Å²) in [6.07, 6.45) is 0. The zero-order valence-electron chi connectivity index (χ0n) is 6.76. The van der Waals surface area contributed by atoms with Crippen LogP contribution < -0.4 is 5.32 Å². The fourth-order valence-corrected chi connectivity index (χ4v) is 1.02. The molecule has 0 amide bonds. The van der Waals surface area contributed by atoms with E-state index in [1.54, 1.807) is 13.1 Å². The van der Waals surface area contributed by atoms with Gasteiger partial charge in [-0.05, 0) is 19.2 Å². The number of benzene rings is 1. The highest BCUT2D eigenvalue weighted by Gasteiger charge is 2.05. The number of nitrogens with one attached hydrogen (secondary N) is 1. The minimum absolute atomic E-state index is 0.330. The highest BCUT2D eigenvalue weighted by molar-refractivity contribution is 5.38. The summed E-state index contributed by atoms with van der Waals surface area (Å²) in [5, 5.41) is 11.4. The molecule has 0 fully saturated rings. The highest BCUT2D eigenvalue weighted by atomic mass is 19.1. The highest BCUT2D eigenvalue weighted by Crippen LogP contribution is 2.11.